The van der Waals surface area contributed by atoms with Gasteiger partial charge in [-0.25, -0.2) is 4.98 Å². The van der Waals surface area contributed by atoms with Crippen LogP contribution in [0.1, 0.15) is 12.6 Å². The number of oxazole rings is 1. The smallest absolute Gasteiger partial charge is 0.296 e. The van der Waals surface area contributed by atoms with E-state index in [1.165, 1.54) is 6.26 Å². The number of nitrogens with zero attached hydrogens (tertiary/aromatic N) is 1. The summed E-state index contributed by atoms with van der Waals surface area (Å²) in [6, 6.07) is 0. The van der Waals surface area contributed by atoms with Crippen molar-refractivity contribution in [3.63, 3.8) is 0 Å². The van der Waals surface area contributed by atoms with E-state index in [9.17, 15) is 4.79 Å². The first-order chi connectivity index (χ1) is 6.22. The minimum Gasteiger partial charge on any atom is -0.436 e. The molecule has 0 aliphatic rings. The van der Waals surface area contributed by atoms with Crippen LogP contribution < -0.4 is 5.32 Å². The first-order valence-corrected chi connectivity index (χ1v) is 3.90. The largest absolute Gasteiger partial charge is 0.436 e. The second-order valence-corrected chi connectivity index (χ2v) is 2.47. The van der Waals surface area contributed by atoms with Gasteiger partial charge in [0.15, 0.2) is 0 Å². The highest BCUT2D eigenvalue weighted by atomic mass is 35.5. The third-order valence-corrected chi connectivity index (χ3v) is 1.37. The number of aromatic nitrogens is 1. The molecule has 0 spiro atoms. The maximum absolute atomic E-state index is 10.8. The van der Waals surface area contributed by atoms with Crippen LogP contribution in [0.25, 0.3) is 0 Å². The highest BCUT2D eigenvalue weighted by Gasteiger charge is 2.01. The Morgan fingerprint density at radius 1 is 1.85 bits per heavy atom. The summed E-state index contributed by atoms with van der Waals surface area (Å²) >= 11 is 5.42. The number of carbonyl (C=O) groups excluding carboxylic acids is 1. The topological polar surface area (TPSA) is 55.1 Å². The van der Waals surface area contributed by atoms with E-state index in [2.05, 4.69) is 22.1 Å². The molecule has 4 nitrogen and oxygen atoms in total. The Balaban J connectivity index is 2.42. The number of halogens is 1. The second-order valence-electron chi connectivity index (χ2n) is 2.15. The van der Waals surface area contributed by atoms with Crippen molar-refractivity contribution in [3.8, 4) is 11.8 Å². The summed E-state index contributed by atoms with van der Waals surface area (Å²) in [4.78, 5) is 14.6. The van der Waals surface area contributed by atoms with E-state index in [-0.39, 0.29) is 17.8 Å². The van der Waals surface area contributed by atoms with Gasteiger partial charge < -0.3 is 9.73 Å². The predicted octanol–water partition coefficient (Wildman–Crippen LogP) is 0.968. The van der Waals surface area contributed by atoms with Crippen molar-refractivity contribution in [2.24, 2.45) is 0 Å². The monoisotopic (exact) mass is 198 g/mol. The van der Waals surface area contributed by atoms with Crippen LogP contribution in [0.2, 0.25) is 5.35 Å². The molecule has 1 N–H and O–H groups in total. The van der Waals surface area contributed by atoms with Gasteiger partial charge in [-0.1, -0.05) is 5.92 Å². The third-order valence-electron chi connectivity index (χ3n) is 1.19. The van der Waals surface area contributed by atoms with Gasteiger partial charge in [-0.05, 0) is 24.4 Å². The Hall–Kier alpha value is -1.47. The van der Waals surface area contributed by atoms with E-state index in [0.29, 0.717) is 5.69 Å². The lowest BCUT2D eigenvalue weighted by molar-refractivity contribution is -0.115. The fourth-order valence-corrected chi connectivity index (χ4v) is 0.845. The highest BCUT2D eigenvalue weighted by molar-refractivity contribution is 6.27. The average molecular weight is 199 g/mol. The van der Waals surface area contributed by atoms with Crippen LogP contribution in [0.4, 0.5) is 0 Å². The third kappa shape index (κ3) is 3.18. The summed E-state index contributed by atoms with van der Waals surface area (Å²) in [6.07, 6.45) is 1.38. The van der Waals surface area contributed by atoms with Crippen molar-refractivity contribution in [1.82, 2.24) is 10.3 Å². The van der Waals surface area contributed by atoms with Crippen LogP contribution in [0.3, 0.4) is 0 Å². The van der Waals surface area contributed by atoms with Gasteiger partial charge in [0.05, 0.1) is 12.2 Å². The Bertz CT molecular complexity index is 362. The molecule has 1 amide bonds. The summed E-state index contributed by atoms with van der Waals surface area (Å²) in [5, 5.41) is 2.58. The van der Waals surface area contributed by atoms with Gasteiger partial charge in [0.25, 0.3) is 11.3 Å². The van der Waals surface area contributed by atoms with Gasteiger partial charge in [-0.15, -0.1) is 0 Å². The molecule has 0 atom stereocenters. The van der Waals surface area contributed by atoms with Crippen molar-refractivity contribution in [1.29, 1.82) is 0 Å². The molecule has 0 unspecified atom stereocenters. The number of amides is 1. The number of carbonyl (C=O) groups is 1. The highest BCUT2D eigenvalue weighted by Crippen LogP contribution is 2.06. The molecule has 1 aromatic heterocycles. The van der Waals surface area contributed by atoms with E-state index >= 15 is 0 Å². The van der Waals surface area contributed by atoms with Crippen LogP contribution in [-0.4, -0.2) is 10.9 Å². The molecule has 1 aromatic rings. The lowest BCUT2D eigenvalue weighted by Crippen LogP contribution is -2.20. The average Bonchev–Trinajstić information content (AvgIpc) is 2.49. The van der Waals surface area contributed by atoms with E-state index < -0.39 is 0 Å². The molecule has 0 bridgehead atoms. The Labute approximate surface area is 80.3 Å². The van der Waals surface area contributed by atoms with Gasteiger partial charge in [-0.3, -0.25) is 4.79 Å². The molecule has 0 saturated heterocycles. The Kier molecular flexibility index (Phi) is 3.35. The Morgan fingerprint density at radius 2 is 2.62 bits per heavy atom. The second kappa shape index (κ2) is 4.53. The summed E-state index contributed by atoms with van der Waals surface area (Å²) < 4.78 is 4.72. The number of hydrogen-bond acceptors (Lipinski definition) is 3. The molecule has 0 saturated carbocycles. The molecule has 0 aromatic carbocycles. The van der Waals surface area contributed by atoms with E-state index in [1.807, 2.05) is 0 Å². The van der Waals surface area contributed by atoms with Crippen molar-refractivity contribution in [2.45, 2.75) is 13.5 Å². The summed E-state index contributed by atoms with van der Waals surface area (Å²) in [5.74, 6) is 4.46. The quantitative estimate of drug-likeness (QED) is 0.721. The summed E-state index contributed by atoms with van der Waals surface area (Å²) in [5.41, 5.74) is 0.566. The molecule has 13 heavy (non-hydrogen) atoms. The van der Waals surface area contributed by atoms with Crippen molar-refractivity contribution < 1.29 is 9.21 Å². The van der Waals surface area contributed by atoms with Gasteiger partial charge in [-0.2, -0.15) is 0 Å². The Morgan fingerprint density at radius 3 is 3.15 bits per heavy atom. The molecule has 5 heteroatoms. The normalized spacial score (nSPS) is 8.77. The van der Waals surface area contributed by atoms with Gasteiger partial charge in [0.1, 0.15) is 6.26 Å². The lowest BCUT2D eigenvalue weighted by atomic mass is 10.4. The lowest BCUT2D eigenvalue weighted by Gasteiger charge is -1.94. The standard InChI is InChI=1S/C8H7ClN2O2/c1-2-3-7(12)10-4-6-5-13-8(9)11-6/h5H,4H2,1H3,(H,10,12). The zero-order valence-corrected chi connectivity index (χ0v) is 7.68. The molecule has 0 aliphatic heterocycles. The fraction of sp³-hybridized carbons (Fsp3) is 0.250. The van der Waals surface area contributed by atoms with Crippen LogP contribution >= 0.6 is 11.6 Å². The minimum absolute atomic E-state index is 0.0609. The summed E-state index contributed by atoms with van der Waals surface area (Å²) in [7, 11) is 0. The molecule has 1 rings (SSSR count). The molecular formula is C8H7ClN2O2. The zero-order valence-electron chi connectivity index (χ0n) is 6.93. The summed E-state index contributed by atoms with van der Waals surface area (Å²) in [6.45, 7) is 1.86. The zero-order chi connectivity index (χ0) is 9.68. The van der Waals surface area contributed by atoms with E-state index in [4.69, 9.17) is 16.0 Å². The molecular weight excluding hydrogens is 192 g/mol. The molecule has 68 valence electrons. The first kappa shape index (κ1) is 9.62. The maximum atomic E-state index is 10.8. The van der Waals surface area contributed by atoms with Crippen molar-refractivity contribution >= 4 is 17.5 Å². The number of nitrogens with one attached hydrogen (secondary N) is 1. The number of hydrogen-bond donors (Lipinski definition) is 1. The van der Waals surface area contributed by atoms with Crippen molar-refractivity contribution in [3.05, 3.63) is 17.3 Å². The van der Waals surface area contributed by atoms with Crippen LogP contribution in [-0.2, 0) is 11.3 Å². The molecule has 0 fully saturated rings. The molecule has 0 aliphatic carbocycles. The van der Waals surface area contributed by atoms with Crippen LogP contribution in [0.15, 0.2) is 10.7 Å². The van der Waals surface area contributed by atoms with Gasteiger partial charge in [0.2, 0.25) is 0 Å². The van der Waals surface area contributed by atoms with Gasteiger partial charge >= 0.3 is 0 Å². The van der Waals surface area contributed by atoms with Crippen molar-refractivity contribution in [2.75, 3.05) is 0 Å². The minimum atomic E-state index is -0.346. The van der Waals surface area contributed by atoms with Crippen LogP contribution in [0, 0.1) is 11.8 Å². The maximum Gasteiger partial charge on any atom is 0.296 e. The van der Waals surface area contributed by atoms with E-state index in [1.54, 1.807) is 6.92 Å². The molecule has 0 radical (unpaired) electrons. The van der Waals surface area contributed by atoms with Crippen LogP contribution in [0.5, 0.6) is 0 Å². The number of rotatable bonds is 2. The SMILES string of the molecule is CC#CC(=O)NCc1coc(Cl)n1. The van der Waals surface area contributed by atoms with E-state index in [0.717, 1.165) is 0 Å². The molecule has 1 heterocycles. The predicted molar refractivity (Wildman–Crippen MR) is 46.8 cm³/mol. The van der Waals surface area contributed by atoms with Gasteiger partial charge in [0, 0.05) is 0 Å². The first-order valence-electron chi connectivity index (χ1n) is 3.53. The fourth-order valence-electron chi connectivity index (χ4n) is 0.692.